The van der Waals surface area contributed by atoms with Crippen LogP contribution < -0.4 is 10.2 Å². The average molecular weight is 422 g/mol. The molecule has 0 bridgehead atoms. The van der Waals surface area contributed by atoms with Crippen molar-refractivity contribution in [3.63, 3.8) is 0 Å². The van der Waals surface area contributed by atoms with E-state index in [1.165, 1.54) is 25.7 Å². The molecule has 4 heterocycles. The minimum atomic E-state index is -0.833. The zero-order valence-corrected chi connectivity index (χ0v) is 18.6. The zero-order chi connectivity index (χ0) is 21.6. The number of hydrogen-bond donors (Lipinski definition) is 2. The lowest BCUT2D eigenvalue weighted by Crippen LogP contribution is -2.30. The highest BCUT2D eigenvalue weighted by molar-refractivity contribution is 5.67. The summed E-state index contributed by atoms with van der Waals surface area (Å²) in [5, 5.41) is 18.4. The number of anilines is 2. The Kier molecular flexibility index (Phi) is 5.04. The molecule has 1 fully saturated rings. The number of aryl methyl sites for hydroxylation is 3. The van der Waals surface area contributed by atoms with Crippen LogP contribution in [0.4, 0.5) is 11.6 Å². The van der Waals surface area contributed by atoms with Crippen LogP contribution in [0.25, 0.3) is 17.0 Å². The molecule has 0 amide bonds. The predicted molar refractivity (Wildman–Crippen MR) is 122 cm³/mol. The lowest BCUT2D eigenvalue weighted by molar-refractivity contribution is 0.0944. The molecular formula is C23H31N7O. The molecule has 8 heteroatoms. The third-order valence-corrected chi connectivity index (χ3v) is 6.09. The summed E-state index contributed by atoms with van der Waals surface area (Å²) in [7, 11) is 0. The van der Waals surface area contributed by atoms with Gasteiger partial charge in [-0.2, -0.15) is 9.61 Å². The third-order valence-electron chi connectivity index (χ3n) is 6.09. The smallest absolute Gasteiger partial charge is 0.160 e. The molecule has 31 heavy (non-hydrogen) atoms. The van der Waals surface area contributed by atoms with Crippen LogP contribution in [0.2, 0.25) is 0 Å². The Bertz CT molecular complexity index is 1110. The first-order valence-electron chi connectivity index (χ1n) is 11.4. The molecule has 0 saturated carbocycles. The molecule has 2 N–H and O–H groups in total. The van der Waals surface area contributed by atoms with Crippen molar-refractivity contribution < 1.29 is 5.11 Å². The molecule has 8 nitrogen and oxygen atoms in total. The van der Waals surface area contributed by atoms with Crippen LogP contribution in [0.3, 0.4) is 0 Å². The lowest BCUT2D eigenvalue weighted by Gasteiger charge is -2.21. The van der Waals surface area contributed by atoms with E-state index in [-0.39, 0.29) is 0 Å². The minimum Gasteiger partial charge on any atom is -0.389 e. The number of aromatic nitrogens is 5. The number of fused-ring (bicyclic) bond motifs is 2. The molecule has 0 unspecified atom stereocenters. The van der Waals surface area contributed by atoms with Gasteiger partial charge in [0.1, 0.15) is 23.0 Å². The number of nitrogens with zero attached hydrogens (tertiary/aromatic N) is 6. The van der Waals surface area contributed by atoms with Crippen LogP contribution in [0, 0.1) is 6.92 Å². The summed E-state index contributed by atoms with van der Waals surface area (Å²) in [6.45, 7) is 8.05. The topological polar surface area (TPSA) is 91.5 Å². The largest absolute Gasteiger partial charge is 0.389 e. The fraction of sp³-hybridized carbons (Fsp3) is 0.565. The van der Waals surface area contributed by atoms with E-state index in [4.69, 9.17) is 20.1 Å². The molecule has 164 valence electrons. The van der Waals surface area contributed by atoms with Gasteiger partial charge in [-0.05, 0) is 59.3 Å². The first-order chi connectivity index (χ1) is 14.9. The van der Waals surface area contributed by atoms with E-state index >= 15 is 0 Å². The summed E-state index contributed by atoms with van der Waals surface area (Å²) < 4.78 is 1.82. The lowest BCUT2D eigenvalue weighted by atomic mass is 10.00. The van der Waals surface area contributed by atoms with E-state index in [1.54, 1.807) is 13.8 Å². The molecule has 0 radical (unpaired) electrons. The molecular weight excluding hydrogens is 390 g/mol. The zero-order valence-electron chi connectivity index (χ0n) is 18.6. The van der Waals surface area contributed by atoms with Crippen molar-refractivity contribution in [1.82, 2.24) is 24.6 Å². The Morgan fingerprint density at radius 1 is 1.00 bits per heavy atom. The van der Waals surface area contributed by atoms with Crippen molar-refractivity contribution in [3.8, 4) is 11.4 Å². The minimum absolute atomic E-state index is 0.415. The van der Waals surface area contributed by atoms with Crippen molar-refractivity contribution in [2.75, 3.05) is 29.9 Å². The molecule has 1 aliphatic carbocycles. The molecule has 1 aliphatic heterocycles. The van der Waals surface area contributed by atoms with Gasteiger partial charge in [0.15, 0.2) is 5.65 Å². The van der Waals surface area contributed by atoms with E-state index in [0.717, 1.165) is 71.7 Å². The summed E-state index contributed by atoms with van der Waals surface area (Å²) in [4.78, 5) is 17.0. The monoisotopic (exact) mass is 421 g/mol. The van der Waals surface area contributed by atoms with Crippen LogP contribution in [-0.4, -0.2) is 54.9 Å². The average Bonchev–Trinajstić information content (AvgIpc) is 3.40. The molecule has 0 spiro atoms. The van der Waals surface area contributed by atoms with Gasteiger partial charge in [-0.1, -0.05) is 0 Å². The maximum absolute atomic E-state index is 10.2. The van der Waals surface area contributed by atoms with Gasteiger partial charge in [-0.15, -0.1) is 0 Å². The summed E-state index contributed by atoms with van der Waals surface area (Å²) in [6, 6.07) is 4.04. The normalized spacial score (nSPS) is 16.7. The van der Waals surface area contributed by atoms with Gasteiger partial charge in [-0.25, -0.2) is 9.97 Å². The van der Waals surface area contributed by atoms with Crippen molar-refractivity contribution in [1.29, 1.82) is 0 Å². The van der Waals surface area contributed by atoms with Gasteiger partial charge in [0, 0.05) is 31.8 Å². The maximum atomic E-state index is 10.2. The molecule has 0 atom stereocenters. The summed E-state index contributed by atoms with van der Waals surface area (Å²) in [5.41, 5.74) is 4.72. The molecule has 3 aromatic rings. The summed E-state index contributed by atoms with van der Waals surface area (Å²) in [5.74, 6) is 1.77. The van der Waals surface area contributed by atoms with Gasteiger partial charge < -0.3 is 15.3 Å². The van der Waals surface area contributed by atoms with Crippen molar-refractivity contribution in [2.45, 2.75) is 64.9 Å². The predicted octanol–water partition coefficient (Wildman–Crippen LogP) is 3.16. The van der Waals surface area contributed by atoms with Crippen LogP contribution in [0.15, 0.2) is 12.1 Å². The SMILES string of the molecule is Cc1nc2c(nc1-c1cc3nc(N4CCCC4)cc(NCC(C)(C)O)n3n1)CCCC2. The number of nitrogens with one attached hydrogen (secondary N) is 1. The van der Waals surface area contributed by atoms with Gasteiger partial charge >= 0.3 is 0 Å². The maximum Gasteiger partial charge on any atom is 0.160 e. The first kappa shape index (κ1) is 20.2. The van der Waals surface area contributed by atoms with Crippen molar-refractivity contribution >= 4 is 17.3 Å². The second kappa shape index (κ2) is 7.75. The molecule has 5 rings (SSSR count). The standard InChI is InChI=1S/C23H31N7O/c1-15-22(26-17-9-5-4-8-16(17)25-15)18-12-21-27-20(29-10-6-7-11-29)13-19(30(21)28-18)24-14-23(2,3)31/h12-13,24,31H,4-11,14H2,1-3H3. The highest BCUT2D eigenvalue weighted by Crippen LogP contribution is 2.28. The second-order valence-electron chi connectivity index (χ2n) is 9.42. The Labute approximate surface area is 182 Å². The van der Waals surface area contributed by atoms with Gasteiger partial charge in [0.25, 0.3) is 0 Å². The summed E-state index contributed by atoms with van der Waals surface area (Å²) >= 11 is 0. The van der Waals surface area contributed by atoms with E-state index < -0.39 is 5.60 Å². The quantitative estimate of drug-likeness (QED) is 0.654. The van der Waals surface area contributed by atoms with E-state index in [9.17, 15) is 5.11 Å². The van der Waals surface area contributed by atoms with Crippen LogP contribution in [-0.2, 0) is 12.8 Å². The molecule has 1 saturated heterocycles. The highest BCUT2D eigenvalue weighted by atomic mass is 16.3. The fourth-order valence-corrected chi connectivity index (χ4v) is 4.45. The van der Waals surface area contributed by atoms with E-state index in [2.05, 4.69) is 10.2 Å². The highest BCUT2D eigenvalue weighted by Gasteiger charge is 2.21. The fourth-order valence-electron chi connectivity index (χ4n) is 4.45. The number of aliphatic hydroxyl groups is 1. The number of hydrogen-bond acceptors (Lipinski definition) is 7. The summed E-state index contributed by atoms with van der Waals surface area (Å²) in [6.07, 6.45) is 6.73. The van der Waals surface area contributed by atoms with Crippen LogP contribution in [0.5, 0.6) is 0 Å². The van der Waals surface area contributed by atoms with E-state index in [1.807, 2.05) is 23.6 Å². The molecule has 2 aliphatic rings. The van der Waals surface area contributed by atoms with Crippen LogP contribution in [0.1, 0.15) is 56.6 Å². The van der Waals surface area contributed by atoms with Crippen molar-refractivity contribution in [2.24, 2.45) is 0 Å². The van der Waals surface area contributed by atoms with Gasteiger partial charge in [-0.3, -0.25) is 4.98 Å². The third kappa shape index (κ3) is 4.08. The van der Waals surface area contributed by atoms with Gasteiger partial charge in [0.05, 0.1) is 22.7 Å². The second-order valence-corrected chi connectivity index (χ2v) is 9.42. The Balaban J connectivity index is 1.59. The Morgan fingerprint density at radius 3 is 2.42 bits per heavy atom. The molecule has 3 aromatic heterocycles. The van der Waals surface area contributed by atoms with Gasteiger partial charge in [0.2, 0.25) is 0 Å². The Hall–Kier alpha value is -2.74. The molecule has 0 aromatic carbocycles. The van der Waals surface area contributed by atoms with Crippen molar-refractivity contribution in [3.05, 3.63) is 29.2 Å². The van der Waals surface area contributed by atoms with E-state index in [0.29, 0.717) is 6.54 Å². The first-order valence-corrected chi connectivity index (χ1v) is 11.4. The number of rotatable bonds is 5. The van der Waals surface area contributed by atoms with Crippen LogP contribution >= 0.6 is 0 Å². The Morgan fingerprint density at radius 2 is 1.71 bits per heavy atom.